The smallest absolute Gasteiger partial charge is 0.203 e. The lowest BCUT2D eigenvalue weighted by Gasteiger charge is -2.38. The van der Waals surface area contributed by atoms with Crippen LogP contribution in [0.1, 0.15) is 12.5 Å². The van der Waals surface area contributed by atoms with Crippen LogP contribution in [0.25, 0.3) is 0 Å². The summed E-state index contributed by atoms with van der Waals surface area (Å²) >= 11 is 0. The van der Waals surface area contributed by atoms with E-state index in [1.54, 1.807) is 28.4 Å². The summed E-state index contributed by atoms with van der Waals surface area (Å²) in [6.07, 6.45) is 0. The fourth-order valence-electron chi connectivity index (χ4n) is 3.87. The third-order valence-electron chi connectivity index (χ3n) is 5.48. The van der Waals surface area contributed by atoms with Crippen LogP contribution in [0.3, 0.4) is 0 Å². The number of halogens is 1. The van der Waals surface area contributed by atoms with Gasteiger partial charge in [0.2, 0.25) is 5.75 Å². The van der Waals surface area contributed by atoms with E-state index in [0.717, 1.165) is 55.7 Å². The van der Waals surface area contributed by atoms with Gasteiger partial charge in [-0.2, -0.15) is 0 Å². The van der Waals surface area contributed by atoms with Gasteiger partial charge in [0.25, 0.3) is 0 Å². The molecule has 0 atom stereocenters. The molecular formula is C24H35IN4O4. The molecule has 0 spiro atoms. The summed E-state index contributed by atoms with van der Waals surface area (Å²) in [4.78, 5) is 9.54. The molecule has 3 rings (SSSR count). The summed E-state index contributed by atoms with van der Waals surface area (Å²) in [5, 5.41) is 3.43. The molecule has 1 N–H and O–H groups in total. The number of nitrogens with zero attached hydrogens (tertiary/aromatic N) is 3. The number of guanidine groups is 1. The number of aliphatic imine (C=N–C) groups is 1. The lowest BCUT2D eigenvalue weighted by molar-refractivity contribution is 0.324. The van der Waals surface area contributed by atoms with Gasteiger partial charge >= 0.3 is 0 Å². The molecule has 0 saturated carbocycles. The van der Waals surface area contributed by atoms with Crippen molar-refractivity contribution < 1.29 is 18.9 Å². The topological polar surface area (TPSA) is 67.8 Å². The fraction of sp³-hybridized carbons (Fsp3) is 0.458. The van der Waals surface area contributed by atoms with Crippen LogP contribution in [0, 0.1) is 0 Å². The fourth-order valence-corrected chi connectivity index (χ4v) is 3.87. The largest absolute Gasteiger partial charge is 0.495 e. The Morgan fingerprint density at radius 3 is 2.03 bits per heavy atom. The van der Waals surface area contributed by atoms with E-state index in [4.69, 9.17) is 23.9 Å². The molecule has 1 heterocycles. The Hall–Kier alpha value is -2.56. The highest BCUT2D eigenvalue weighted by Crippen LogP contribution is 2.38. The van der Waals surface area contributed by atoms with E-state index in [0.29, 0.717) is 23.8 Å². The lowest BCUT2D eigenvalue weighted by Crippen LogP contribution is -2.52. The number of methoxy groups -OCH3 is 4. The molecule has 9 heteroatoms. The van der Waals surface area contributed by atoms with Gasteiger partial charge in [-0.25, -0.2) is 4.99 Å². The Balaban J connectivity index is 0.00000385. The third kappa shape index (κ3) is 6.49. The van der Waals surface area contributed by atoms with E-state index < -0.39 is 0 Å². The van der Waals surface area contributed by atoms with Crippen LogP contribution in [0.2, 0.25) is 0 Å². The molecule has 1 saturated heterocycles. The van der Waals surface area contributed by atoms with E-state index in [2.05, 4.69) is 28.1 Å². The van der Waals surface area contributed by atoms with Crippen LogP contribution < -0.4 is 29.2 Å². The predicted octanol–water partition coefficient (Wildman–Crippen LogP) is 3.63. The molecular weight excluding hydrogens is 535 g/mol. The van der Waals surface area contributed by atoms with Crippen LogP contribution in [-0.2, 0) is 6.54 Å². The van der Waals surface area contributed by atoms with Crippen molar-refractivity contribution in [2.75, 3.05) is 66.1 Å². The van der Waals surface area contributed by atoms with Crippen molar-refractivity contribution in [3.05, 3.63) is 42.0 Å². The van der Waals surface area contributed by atoms with Gasteiger partial charge in [0.1, 0.15) is 5.75 Å². The molecule has 1 aliphatic rings. The Kier molecular flexibility index (Phi) is 10.7. The Labute approximate surface area is 213 Å². The van der Waals surface area contributed by atoms with Gasteiger partial charge in [0, 0.05) is 32.7 Å². The van der Waals surface area contributed by atoms with Crippen molar-refractivity contribution in [2.24, 2.45) is 4.99 Å². The normalized spacial score (nSPS) is 13.8. The molecule has 0 unspecified atom stereocenters. The average molecular weight is 570 g/mol. The first-order valence-corrected chi connectivity index (χ1v) is 10.8. The molecule has 0 radical (unpaired) electrons. The minimum Gasteiger partial charge on any atom is -0.495 e. The number of rotatable bonds is 8. The van der Waals surface area contributed by atoms with Gasteiger partial charge in [-0.05, 0) is 36.8 Å². The second-order valence-corrected chi connectivity index (χ2v) is 7.35. The number of nitrogens with one attached hydrogen (secondary N) is 1. The number of hydrogen-bond acceptors (Lipinski definition) is 6. The maximum atomic E-state index is 5.53. The zero-order chi connectivity index (χ0) is 22.9. The van der Waals surface area contributed by atoms with Crippen LogP contribution in [0.4, 0.5) is 5.69 Å². The van der Waals surface area contributed by atoms with Crippen LogP contribution in [0.5, 0.6) is 23.0 Å². The SMILES string of the molecule is CCNC(=NCc1cc(OC)c(OC)c(OC)c1)N1CCN(c2ccccc2OC)CC1.I. The first kappa shape index (κ1) is 26.7. The number of piperazine rings is 1. The molecule has 0 aromatic heterocycles. The Bertz CT molecular complexity index is 892. The Morgan fingerprint density at radius 2 is 1.48 bits per heavy atom. The molecule has 0 amide bonds. The number of para-hydroxylation sites is 2. The highest BCUT2D eigenvalue weighted by atomic mass is 127. The van der Waals surface area contributed by atoms with Crippen molar-refractivity contribution in [1.29, 1.82) is 0 Å². The van der Waals surface area contributed by atoms with Crippen molar-refractivity contribution >= 4 is 35.6 Å². The van der Waals surface area contributed by atoms with E-state index in [1.165, 1.54) is 0 Å². The Morgan fingerprint density at radius 1 is 0.879 bits per heavy atom. The van der Waals surface area contributed by atoms with Crippen molar-refractivity contribution in [3.8, 4) is 23.0 Å². The van der Waals surface area contributed by atoms with Gasteiger partial charge in [-0.15, -0.1) is 24.0 Å². The van der Waals surface area contributed by atoms with Crippen molar-refractivity contribution in [3.63, 3.8) is 0 Å². The standard InChI is InChI=1S/C24H34N4O4.HI/c1-6-25-24(26-17-18-15-21(30-3)23(32-5)22(16-18)31-4)28-13-11-27(12-14-28)19-9-7-8-10-20(19)29-2;/h7-10,15-16H,6,11-14,17H2,1-5H3,(H,25,26);1H. The summed E-state index contributed by atoms with van der Waals surface area (Å²) in [6.45, 7) is 6.94. The maximum absolute atomic E-state index is 5.53. The number of benzene rings is 2. The quantitative estimate of drug-likeness (QED) is 0.296. The molecule has 1 fully saturated rings. The molecule has 0 bridgehead atoms. The summed E-state index contributed by atoms with van der Waals surface area (Å²) in [5.41, 5.74) is 2.12. The van der Waals surface area contributed by atoms with Gasteiger partial charge in [-0.3, -0.25) is 0 Å². The highest BCUT2D eigenvalue weighted by molar-refractivity contribution is 14.0. The second-order valence-electron chi connectivity index (χ2n) is 7.35. The summed E-state index contributed by atoms with van der Waals surface area (Å²) in [7, 11) is 6.56. The zero-order valence-electron chi connectivity index (χ0n) is 20.1. The highest BCUT2D eigenvalue weighted by Gasteiger charge is 2.22. The minimum atomic E-state index is 0. The van der Waals surface area contributed by atoms with Crippen LogP contribution in [-0.4, -0.2) is 72.0 Å². The van der Waals surface area contributed by atoms with Gasteiger partial charge in [0.15, 0.2) is 17.5 Å². The third-order valence-corrected chi connectivity index (χ3v) is 5.48. The number of ether oxygens (including phenoxy) is 4. The summed E-state index contributed by atoms with van der Waals surface area (Å²) in [5.74, 6) is 3.66. The molecule has 8 nitrogen and oxygen atoms in total. The minimum absolute atomic E-state index is 0. The monoisotopic (exact) mass is 570 g/mol. The second kappa shape index (κ2) is 13.2. The van der Waals surface area contributed by atoms with Gasteiger partial charge < -0.3 is 34.1 Å². The number of anilines is 1. The summed E-state index contributed by atoms with van der Waals surface area (Å²) in [6, 6.07) is 12.0. The van der Waals surface area contributed by atoms with Crippen LogP contribution in [0.15, 0.2) is 41.4 Å². The van der Waals surface area contributed by atoms with Crippen molar-refractivity contribution in [1.82, 2.24) is 10.2 Å². The predicted molar refractivity (Wildman–Crippen MR) is 143 cm³/mol. The van der Waals surface area contributed by atoms with E-state index in [1.807, 2.05) is 30.3 Å². The molecule has 2 aromatic carbocycles. The van der Waals surface area contributed by atoms with E-state index >= 15 is 0 Å². The molecule has 2 aromatic rings. The maximum Gasteiger partial charge on any atom is 0.203 e. The molecule has 33 heavy (non-hydrogen) atoms. The average Bonchev–Trinajstić information content (AvgIpc) is 2.85. The van der Waals surface area contributed by atoms with E-state index in [-0.39, 0.29) is 24.0 Å². The van der Waals surface area contributed by atoms with Gasteiger partial charge in [0.05, 0.1) is 40.7 Å². The van der Waals surface area contributed by atoms with Crippen LogP contribution >= 0.6 is 24.0 Å². The molecule has 182 valence electrons. The zero-order valence-corrected chi connectivity index (χ0v) is 22.4. The van der Waals surface area contributed by atoms with Crippen molar-refractivity contribution in [2.45, 2.75) is 13.5 Å². The lowest BCUT2D eigenvalue weighted by atomic mass is 10.2. The molecule has 0 aliphatic carbocycles. The van der Waals surface area contributed by atoms with Gasteiger partial charge in [-0.1, -0.05) is 12.1 Å². The van der Waals surface area contributed by atoms with E-state index in [9.17, 15) is 0 Å². The summed E-state index contributed by atoms with van der Waals surface area (Å²) < 4.78 is 21.9. The first-order chi connectivity index (χ1) is 15.6. The first-order valence-electron chi connectivity index (χ1n) is 10.8. The number of hydrogen-bond donors (Lipinski definition) is 1. The molecule has 1 aliphatic heterocycles.